The van der Waals surface area contributed by atoms with Crippen LogP contribution >= 0.6 is 12.4 Å². The fraction of sp³-hybridized carbons (Fsp3) is 0.533. The second-order valence-corrected chi connectivity index (χ2v) is 5.23. The molecule has 3 N–H and O–H groups in total. The molecule has 0 bridgehead atoms. The standard InChI is InChI=1S/C15H24N2O4.ClH/c1-15(2,16)14(18)17-6-5-7-21-13-9-11(19-3)8-12(10-13)20-4;/h8-10H,5-7,16H2,1-4H3,(H,17,18);1H. The molecular formula is C15H25ClN2O4. The van der Waals surface area contributed by atoms with Gasteiger partial charge in [0, 0.05) is 24.7 Å². The number of carbonyl (C=O) groups is 1. The summed E-state index contributed by atoms with van der Waals surface area (Å²) >= 11 is 0. The summed E-state index contributed by atoms with van der Waals surface area (Å²) in [5.74, 6) is 1.83. The molecule has 0 aromatic heterocycles. The Labute approximate surface area is 137 Å². The number of nitrogens with two attached hydrogens (primary N) is 1. The number of hydrogen-bond acceptors (Lipinski definition) is 5. The molecule has 1 rings (SSSR count). The lowest BCUT2D eigenvalue weighted by Gasteiger charge is -2.17. The summed E-state index contributed by atoms with van der Waals surface area (Å²) in [4.78, 5) is 11.6. The highest BCUT2D eigenvalue weighted by molar-refractivity contribution is 5.85. The van der Waals surface area contributed by atoms with Crippen molar-refractivity contribution in [1.82, 2.24) is 5.32 Å². The van der Waals surface area contributed by atoms with Crippen molar-refractivity contribution < 1.29 is 19.0 Å². The van der Waals surface area contributed by atoms with E-state index in [0.29, 0.717) is 36.8 Å². The minimum atomic E-state index is -0.860. The van der Waals surface area contributed by atoms with E-state index in [1.165, 1.54) is 0 Å². The third-order valence-corrected chi connectivity index (χ3v) is 2.79. The van der Waals surface area contributed by atoms with Crippen molar-refractivity contribution in [2.45, 2.75) is 25.8 Å². The van der Waals surface area contributed by atoms with E-state index in [0.717, 1.165) is 0 Å². The average molecular weight is 333 g/mol. The van der Waals surface area contributed by atoms with Crippen molar-refractivity contribution in [2.75, 3.05) is 27.4 Å². The molecule has 0 spiro atoms. The molecule has 7 heteroatoms. The van der Waals surface area contributed by atoms with Gasteiger partial charge >= 0.3 is 0 Å². The number of rotatable bonds is 8. The first-order chi connectivity index (χ1) is 9.86. The largest absolute Gasteiger partial charge is 0.496 e. The predicted octanol–water partition coefficient (Wildman–Crippen LogP) is 1.75. The second kappa shape index (κ2) is 9.38. The first kappa shape index (κ1) is 20.3. The summed E-state index contributed by atoms with van der Waals surface area (Å²) in [5.41, 5.74) is 4.82. The lowest BCUT2D eigenvalue weighted by molar-refractivity contribution is -0.125. The third kappa shape index (κ3) is 6.87. The molecule has 0 saturated heterocycles. The minimum absolute atomic E-state index is 0. The molecule has 0 heterocycles. The molecule has 0 aliphatic rings. The number of methoxy groups -OCH3 is 2. The van der Waals surface area contributed by atoms with Gasteiger partial charge in [-0.3, -0.25) is 4.79 Å². The van der Waals surface area contributed by atoms with Crippen LogP contribution in [0.15, 0.2) is 18.2 Å². The number of nitrogens with one attached hydrogen (secondary N) is 1. The van der Waals surface area contributed by atoms with Gasteiger partial charge in [-0.2, -0.15) is 0 Å². The Morgan fingerprint density at radius 2 is 1.64 bits per heavy atom. The first-order valence-corrected chi connectivity index (χ1v) is 6.80. The SMILES string of the molecule is COc1cc(OC)cc(OCCCNC(=O)C(C)(C)N)c1.Cl. The molecule has 1 aromatic carbocycles. The maximum absolute atomic E-state index is 11.6. The molecule has 6 nitrogen and oxygen atoms in total. The molecule has 0 aliphatic heterocycles. The van der Waals surface area contributed by atoms with Crippen molar-refractivity contribution in [3.05, 3.63) is 18.2 Å². The van der Waals surface area contributed by atoms with E-state index in [4.69, 9.17) is 19.9 Å². The van der Waals surface area contributed by atoms with Gasteiger partial charge in [0.15, 0.2) is 0 Å². The van der Waals surface area contributed by atoms with Crippen LogP contribution in [0.25, 0.3) is 0 Å². The van der Waals surface area contributed by atoms with Crippen LogP contribution in [0.2, 0.25) is 0 Å². The van der Waals surface area contributed by atoms with Gasteiger partial charge in [0.2, 0.25) is 5.91 Å². The Hall–Kier alpha value is -1.66. The number of benzene rings is 1. The normalized spacial score (nSPS) is 10.4. The fourth-order valence-corrected chi connectivity index (χ4v) is 1.56. The van der Waals surface area contributed by atoms with Crippen LogP contribution < -0.4 is 25.3 Å². The molecule has 0 atom stereocenters. The zero-order chi connectivity index (χ0) is 15.9. The van der Waals surface area contributed by atoms with Crippen LogP contribution in [-0.2, 0) is 4.79 Å². The molecule has 0 unspecified atom stereocenters. The summed E-state index contributed by atoms with van der Waals surface area (Å²) in [6.45, 7) is 4.32. The van der Waals surface area contributed by atoms with Crippen molar-refractivity contribution in [3.63, 3.8) is 0 Å². The van der Waals surface area contributed by atoms with Gasteiger partial charge < -0.3 is 25.3 Å². The van der Waals surface area contributed by atoms with E-state index >= 15 is 0 Å². The quantitative estimate of drug-likeness (QED) is 0.709. The molecule has 0 saturated carbocycles. The van der Waals surface area contributed by atoms with Gasteiger partial charge in [0.25, 0.3) is 0 Å². The Morgan fingerprint density at radius 3 is 2.09 bits per heavy atom. The van der Waals surface area contributed by atoms with Gasteiger partial charge in [-0.25, -0.2) is 0 Å². The summed E-state index contributed by atoms with van der Waals surface area (Å²) in [7, 11) is 3.17. The van der Waals surface area contributed by atoms with Crippen LogP contribution in [0.4, 0.5) is 0 Å². The van der Waals surface area contributed by atoms with Gasteiger partial charge in [0.05, 0.1) is 26.4 Å². The summed E-state index contributed by atoms with van der Waals surface area (Å²) < 4.78 is 15.9. The van der Waals surface area contributed by atoms with Crippen molar-refractivity contribution >= 4 is 18.3 Å². The number of amides is 1. The van der Waals surface area contributed by atoms with E-state index in [2.05, 4.69) is 5.32 Å². The molecule has 0 fully saturated rings. The lowest BCUT2D eigenvalue weighted by atomic mass is 10.1. The maximum Gasteiger partial charge on any atom is 0.239 e. The molecule has 0 aliphatic carbocycles. The van der Waals surface area contributed by atoms with Crippen molar-refractivity contribution in [2.24, 2.45) is 5.73 Å². The highest BCUT2D eigenvalue weighted by atomic mass is 35.5. The Kier molecular flexibility index (Phi) is 8.67. The zero-order valence-corrected chi connectivity index (χ0v) is 14.3. The minimum Gasteiger partial charge on any atom is -0.496 e. The third-order valence-electron chi connectivity index (χ3n) is 2.79. The Morgan fingerprint density at radius 1 is 1.14 bits per heavy atom. The number of ether oxygens (including phenoxy) is 3. The highest BCUT2D eigenvalue weighted by Crippen LogP contribution is 2.27. The van der Waals surface area contributed by atoms with E-state index in [-0.39, 0.29) is 18.3 Å². The zero-order valence-electron chi connectivity index (χ0n) is 13.5. The van der Waals surface area contributed by atoms with Crippen LogP contribution in [0.5, 0.6) is 17.2 Å². The van der Waals surface area contributed by atoms with E-state index in [9.17, 15) is 4.79 Å². The maximum atomic E-state index is 11.6. The van der Waals surface area contributed by atoms with E-state index < -0.39 is 5.54 Å². The predicted molar refractivity (Wildman–Crippen MR) is 88.2 cm³/mol. The molecular weight excluding hydrogens is 308 g/mol. The van der Waals surface area contributed by atoms with Crippen molar-refractivity contribution in [3.8, 4) is 17.2 Å². The summed E-state index contributed by atoms with van der Waals surface area (Å²) in [6, 6.07) is 5.34. The average Bonchev–Trinajstić information content (AvgIpc) is 2.45. The summed E-state index contributed by atoms with van der Waals surface area (Å²) in [5, 5.41) is 2.76. The first-order valence-electron chi connectivity index (χ1n) is 6.80. The fourth-order valence-electron chi connectivity index (χ4n) is 1.56. The Bertz CT molecular complexity index is 453. The molecule has 22 heavy (non-hydrogen) atoms. The van der Waals surface area contributed by atoms with Crippen LogP contribution in [-0.4, -0.2) is 38.8 Å². The monoisotopic (exact) mass is 332 g/mol. The number of halogens is 1. The van der Waals surface area contributed by atoms with E-state index in [1.54, 1.807) is 46.3 Å². The van der Waals surface area contributed by atoms with Gasteiger partial charge in [-0.1, -0.05) is 0 Å². The van der Waals surface area contributed by atoms with Crippen LogP contribution in [0.1, 0.15) is 20.3 Å². The second-order valence-electron chi connectivity index (χ2n) is 5.23. The van der Waals surface area contributed by atoms with Gasteiger partial charge in [0.1, 0.15) is 17.2 Å². The van der Waals surface area contributed by atoms with Crippen LogP contribution in [0.3, 0.4) is 0 Å². The lowest BCUT2D eigenvalue weighted by Crippen LogP contribution is -2.49. The number of carbonyl (C=O) groups excluding carboxylic acids is 1. The van der Waals surface area contributed by atoms with Gasteiger partial charge in [-0.05, 0) is 20.3 Å². The Balaban J connectivity index is 0.00000441. The molecule has 1 aromatic rings. The van der Waals surface area contributed by atoms with E-state index in [1.807, 2.05) is 0 Å². The summed E-state index contributed by atoms with van der Waals surface area (Å²) in [6.07, 6.45) is 0.682. The molecule has 0 radical (unpaired) electrons. The topological polar surface area (TPSA) is 82.8 Å². The molecule has 1 amide bonds. The smallest absolute Gasteiger partial charge is 0.239 e. The molecule has 126 valence electrons. The van der Waals surface area contributed by atoms with Crippen LogP contribution in [0, 0.1) is 0 Å². The number of hydrogen-bond donors (Lipinski definition) is 2. The highest BCUT2D eigenvalue weighted by Gasteiger charge is 2.20. The van der Waals surface area contributed by atoms with Gasteiger partial charge in [-0.15, -0.1) is 12.4 Å². The van der Waals surface area contributed by atoms with Crippen molar-refractivity contribution in [1.29, 1.82) is 0 Å².